The molecule has 72 valence electrons. The van der Waals surface area contributed by atoms with Gasteiger partial charge < -0.3 is 5.73 Å². The number of anilines is 3. The number of nitrogen functional groups attached to an aromatic ring is 1. The Morgan fingerprint density at radius 2 is 1.23 bits per heavy atom. The van der Waals surface area contributed by atoms with Gasteiger partial charge in [-0.05, 0) is 0 Å². The molecule has 0 fully saturated rings. The molecule has 10 heteroatoms. The summed E-state index contributed by atoms with van der Waals surface area (Å²) in [6, 6.07) is 0. The van der Waals surface area contributed by atoms with Gasteiger partial charge in [-0.2, -0.15) is 22.8 Å². The molecule has 0 aromatic carbocycles. The van der Waals surface area contributed by atoms with Crippen molar-refractivity contribution >= 4 is 65.0 Å². The second kappa shape index (κ2) is 4.19. The molecule has 13 heavy (non-hydrogen) atoms. The van der Waals surface area contributed by atoms with Gasteiger partial charge in [0.05, 0.1) is 0 Å². The Bertz CT molecular complexity index is 276. The molecule has 1 aromatic rings. The number of nitrogens with two attached hydrogens (primary N) is 1. The van der Waals surface area contributed by atoms with Gasteiger partial charge in [-0.1, -0.05) is 0 Å². The van der Waals surface area contributed by atoms with Crippen molar-refractivity contribution in [2.24, 2.45) is 0 Å². The molecule has 1 rings (SSSR count). The Morgan fingerprint density at radius 3 is 1.54 bits per heavy atom. The molecule has 2 N–H and O–H groups in total. The average molecular weight is 264 g/mol. The number of halogens is 4. The van der Waals surface area contributed by atoms with E-state index in [0.29, 0.717) is 7.88 Å². The fraction of sp³-hybridized carbons (Fsp3) is 0. The van der Waals surface area contributed by atoms with Crippen LogP contribution < -0.4 is 13.6 Å². The minimum atomic E-state index is -0.0994. The Morgan fingerprint density at radius 1 is 0.846 bits per heavy atom. The molecule has 6 nitrogen and oxygen atoms in total. The highest BCUT2D eigenvalue weighted by atomic mass is 35.5. The van der Waals surface area contributed by atoms with E-state index in [0.717, 1.165) is 0 Å². The first kappa shape index (κ1) is 10.6. The van der Waals surface area contributed by atoms with Crippen LogP contribution in [0, 0.1) is 0 Å². The molecule has 0 aliphatic heterocycles. The molecule has 0 amide bonds. The summed E-state index contributed by atoms with van der Waals surface area (Å²) >= 11 is 21.4. The molecule has 1 heterocycles. The average Bonchev–Trinajstić information content (AvgIpc) is 2.03. The van der Waals surface area contributed by atoms with Crippen LogP contribution in [0.15, 0.2) is 0 Å². The molecule has 0 saturated carbocycles. The Balaban J connectivity index is 3.11. The lowest BCUT2D eigenvalue weighted by molar-refractivity contribution is 1.06. The molecule has 0 bridgehead atoms. The first-order chi connectivity index (χ1) is 6.00. The summed E-state index contributed by atoms with van der Waals surface area (Å²) in [5.41, 5.74) is 5.28. The summed E-state index contributed by atoms with van der Waals surface area (Å²) in [4.78, 5) is 10.8. The molecule has 0 aliphatic rings. The van der Waals surface area contributed by atoms with E-state index in [1.54, 1.807) is 0 Å². The zero-order valence-electron chi connectivity index (χ0n) is 5.83. The second-order valence-corrected chi connectivity index (χ2v) is 3.46. The highest BCUT2D eigenvalue weighted by Crippen LogP contribution is 2.20. The van der Waals surface area contributed by atoms with Gasteiger partial charge in [0.1, 0.15) is 0 Å². The van der Waals surface area contributed by atoms with E-state index in [9.17, 15) is 0 Å². The van der Waals surface area contributed by atoms with E-state index >= 15 is 0 Å². The summed E-state index contributed by atoms with van der Waals surface area (Å²) in [5, 5.41) is 0. The van der Waals surface area contributed by atoms with Gasteiger partial charge in [0.15, 0.2) is 0 Å². The van der Waals surface area contributed by atoms with Crippen LogP contribution in [0.1, 0.15) is 0 Å². The zero-order chi connectivity index (χ0) is 10.0. The van der Waals surface area contributed by atoms with Crippen LogP contribution in [0.2, 0.25) is 0 Å². The maximum atomic E-state index is 5.34. The molecule has 0 saturated heterocycles. The van der Waals surface area contributed by atoms with Crippen LogP contribution in [-0.2, 0) is 0 Å². The van der Waals surface area contributed by atoms with Gasteiger partial charge in [0.25, 0.3) is 11.9 Å². The smallest absolute Gasteiger partial charge is 0.262 e. The fourth-order valence-corrected chi connectivity index (χ4v) is 0.823. The molecule has 0 aliphatic carbocycles. The van der Waals surface area contributed by atoms with Crippen LogP contribution in [0.25, 0.3) is 0 Å². The van der Waals surface area contributed by atoms with Gasteiger partial charge >= 0.3 is 0 Å². The van der Waals surface area contributed by atoms with E-state index < -0.39 is 0 Å². The van der Waals surface area contributed by atoms with E-state index in [1.165, 1.54) is 0 Å². The van der Waals surface area contributed by atoms with Crippen molar-refractivity contribution in [2.45, 2.75) is 0 Å². The number of rotatable bonds is 2. The van der Waals surface area contributed by atoms with E-state index in [-0.39, 0.29) is 17.8 Å². The fourth-order valence-electron chi connectivity index (χ4n) is 0.521. The molecular formula is C3H2Cl4N6. The van der Waals surface area contributed by atoms with Crippen molar-refractivity contribution in [1.29, 1.82) is 0 Å². The minimum absolute atomic E-state index is 0.0721. The third-order valence-corrected chi connectivity index (χ3v) is 1.54. The van der Waals surface area contributed by atoms with Gasteiger partial charge in [-0.15, -0.1) is 0 Å². The second-order valence-electron chi connectivity index (χ2n) is 1.76. The molecule has 0 spiro atoms. The first-order valence-corrected chi connectivity index (χ1v) is 4.11. The van der Waals surface area contributed by atoms with Crippen LogP contribution >= 0.6 is 47.1 Å². The zero-order valence-corrected chi connectivity index (χ0v) is 8.85. The standard InChI is InChI=1S/C3H2Cl4N6/c4-12(5)2-9-1(8)10-3(11-2)13(6)7/h(H2,8,9,10,11). The minimum Gasteiger partial charge on any atom is -0.368 e. The third kappa shape index (κ3) is 2.77. The number of hydrogen-bond donors (Lipinski definition) is 1. The van der Waals surface area contributed by atoms with Crippen molar-refractivity contribution in [1.82, 2.24) is 15.0 Å². The van der Waals surface area contributed by atoms with Crippen molar-refractivity contribution in [3.8, 4) is 0 Å². The SMILES string of the molecule is Nc1nc(N(Cl)Cl)nc(N(Cl)Cl)n1. The number of hydrogen-bond acceptors (Lipinski definition) is 6. The summed E-state index contributed by atoms with van der Waals surface area (Å²) in [7, 11) is 0. The number of aromatic nitrogens is 3. The summed E-state index contributed by atoms with van der Waals surface area (Å²) in [6.07, 6.45) is 0. The lowest BCUT2D eigenvalue weighted by Crippen LogP contribution is -2.09. The van der Waals surface area contributed by atoms with Gasteiger partial charge in [0, 0.05) is 47.1 Å². The highest BCUT2D eigenvalue weighted by molar-refractivity contribution is 6.49. The summed E-state index contributed by atoms with van der Waals surface area (Å²) in [6.45, 7) is 0. The Labute approximate surface area is 93.6 Å². The molecule has 0 atom stereocenters. The summed E-state index contributed by atoms with van der Waals surface area (Å²) in [5.74, 6) is -0.244. The van der Waals surface area contributed by atoms with Gasteiger partial charge in [0.2, 0.25) is 5.95 Å². The molecule has 1 aromatic heterocycles. The molecular weight excluding hydrogens is 262 g/mol. The summed E-state index contributed by atoms with van der Waals surface area (Å²) < 4.78 is 1.22. The topological polar surface area (TPSA) is 71.2 Å². The van der Waals surface area contributed by atoms with Crippen molar-refractivity contribution < 1.29 is 0 Å². The largest absolute Gasteiger partial charge is 0.368 e. The van der Waals surface area contributed by atoms with E-state index in [4.69, 9.17) is 52.8 Å². The Hall–Kier alpha value is -0.430. The highest BCUT2D eigenvalue weighted by Gasteiger charge is 2.11. The molecule has 0 unspecified atom stereocenters. The third-order valence-electron chi connectivity index (χ3n) is 0.931. The van der Waals surface area contributed by atoms with Crippen LogP contribution in [0.5, 0.6) is 0 Å². The number of nitrogens with zero attached hydrogens (tertiary/aromatic N) is 5. The molecule has 0 radical (unpaired) electrons. The predicted octanol–water partition coefficient (Wildman–Crippen LogP) is 1.68. The lowest BCUT2D eigenvalue weighted by Gasteiger charge is -2.07. The first-order valence-electron chi connectivity index (χ1n) is 2.75. The van der Waals surface area contributed by atoms with Gasteiger partial charge in [-0.25, -0.2) is 0 Å². The van der Waals surface area contributed by atoms with Crippen LogP contribution in [-0.4, -0.2) is 15.0 Å². The van der Waals surface area contributed by atoms with Crippen molar-refractivity contribution in [2.75, 3.05) is 13.6 Å². The lowest BCUT2D eigenvalue weighted by atomic mass is 10.8. The quantitative estimate of drug-likeness (QED) is 0.819. The predicted molar refractivity (Wildman–Crippen MR) is 52.6 cm³/mol. The van der Waals surface area contributed by atoms with E-state index in [2.05, 4.69) is 15.0 Å². The Kier molecular flexibility index (Phi) is 3.43. The van der Waals surface area contributed by atoms with Gasteiger partial charge in [-0.3, -0.25) is 0 Å². The monoisotopic (exact) mass is 262 g/mol. The van der Waals surface area contributed by atoms with E-state index in [1.807, 2.05) is 0 Å². The van der Waals surface area contributed by atoms with Crippen LogP contribution in [0.3, 0.4) is 0 Å². The van der Waals surface area contributed by atoms with Crippen molar-refractivity contribution in [3.63, 3.8) is 0 Å². The van der Waals surface area contributed by atoms with Crippen molar-refractivity contribution in [3.05, 3.63) is 0 Å². The van der Waals surface area contributed by atoms with Crippen LogP contribution in [0.4, 0.5) is 17.8 Å². The maximum absolute atomic E-state index is 5.34. The normalized spacial score (nSPS) is 9.85. The maximum Gasteiger partial charge on any atom is 0.262 e.